The summed E-state index contributed by atoms with van der Waals surface area (Å²) >= 11 is 2.92. The van der Waals surface area contributed by atoms with Crippen molar-refractivity contribution in [2.75, 3.05) is 7.11 Å². The van der Waals surface area contributed by atoms with E-state index in [0.29, 0.717) is 16.8 Å². The lowest BCUT2D eigenvalue weighted by Gasteiger charge is -2.19. The molecule has 0 aliphatic rings. The van der Waals surface area contributed by atoms with Crippen LogP contribution in [0.2, 0.25) is 0 Å². The molecular formula is C13H12BrF2N2O4P. The van der Waals surface area contributed by atoms with Gasteiger partial charge in [0.1, 0.15) is 12.8 Å². The van der Waals surface area contributed by atoms with E-state index in [1.54, 1.807) is 19.1 Å². The molecule has 2 N–H and O–H groups in total. The van der Waals surface area contributed by atoms with Crippen LogP contribution in [0.4, 0.5) is 8.78 Å². The number of halogens is 3. The minimum absolute atomic E-state index is 0.116. The average molecular weight is 409 g/mol. The monoisotopic (exact) mass is 408 g/mol. The molecular weight excluding hydrogens is 397 g/mol. The maximum Gasteiger partial charge on any atom is 0.399 e. The van der Waals surface area contributed by atoms with E-state index >= 15 is 0 Å². The lowest BCUT2D eigenvalue weighted by Crippen LogP contribution is -2.14. The quantitative estimate of drug-likeness (QED) is 0.458. The number of pyridine rings is 1. The Bertz CT molecular complexity index is 838. The van der Waals surface area contributed by atoms with Gasteiger partial charge in [-0.1, -0.05) is 27.2 Å². The van der Waals surface area contributed by atoms with Crippen molar-refractivity contribution < 1.29 is 28.0 Å². The first-order chi connectivity index (χ1) is 10.6. The fourth-order valence-corrected chi connectivity index (χ4v) is 3.18. The van der Waals surface area contributed by atoms with E-state index in [1.165, 1.54) is 13.2 Å². The van der Waals surface area contributed by atoms with Crippen molar-refractivity contribution in [3.05, 3.63) is 40.0 Å². The van der Waals surface area contributed by atoms with Crippen molar-refractivity contribution in [3.8, 4) is 0 Å². The van der Waals surface area contributed by atoms with Crippen LogP contribution < -0.4 is 0 Å². The Morgan fingerprint density at radius 2 is 2.04 bits per heavy atom. The first kappa shape index (κ1) is 17.9. The van der Waals surface area contributed by atoms with Gasteiger partial charge in [0.25, 0.3) is 0 Å². The van der Waals surface area contributed by atoms with E-state index in [1.807, 2.05) is 0 Å². The van der Waals surface area contributed by atoms with Crippen LogP contribution in [0.15, 0.2) is 33.9 Å². The predicted octanol–water partition coefficient (Wildman–Crippen LogP) is 3.59. The van der Waals surface area contributed by atoms with Gasteiger partial charge >= 0.3 is 13.3 Å². The molecule has 0 atom stereocenters. The molecule has 1 heterocycles. The third kappa shape index (κ3) is 3.42. The van der Waals surface area contributed by atoms with Gasteiger partial charge in [0.2, 0.25) is 0 Å². The van der Waals surface area contributed by atoms with Crippen molar-refractivity contribution in [3.63, 3.8) is 0 Å². The maximum atomic E-state index is 14.0. The molecule has 2 rings (SSSR count). The Labute approximate surface area is 138 Å². The standard InChI is InChI=1S/C13H12BrF2N2O4P/c1-7(18-22-2)11-4-3-8-5-10(14)9(6-12(8)17-11)13(15,16)23(19,20)21/h3-6H,1-2H3,(H2,19,20,21). The van der Waals surface area contributed by atoms with E-state index in [2.05, 4.69) is 30.9 Å². The minimum Gasteiger partial charge on any atom is -0.399 e. The van der Waals surface area contributed by atoms with E-state index in [4.69, 9.17) is 9.79 Å². The van der Waals surface area contributed by atoms with E-state index in [-0.39, 0.29) is 9.99 Å². The van der Waals surface area contributed by atoms with Gasteiger partial charge in [0.05, 0.1) is 11.2 Å². The van der Waals surface area contributed by atoms with Crippen LogP contribution in [0, 0.1) is 0 Å². The molecule has 6 nitrogen and oxygen atoms in total. The maximum absolute atomic E-state index is 14.0. The van der Waals surface area contributed by atoms with Crippen LogP contribution in [-0.2, 0) is 15.1 Å². The minimum atomic E-state index is -5.67. The molecule has 23 heavy (non-hydrogen) atoms. The SMILES string of the molecule is CON=C(C)c1ccc2cc(Br)c(C(F)(F)P(=O)(O)O)cc2n1. The fourth-order valence-electron chi connectivity index (χ4n) is 1.92. The normalized spacial score (nSPS) is 13.4. The van der Waals surface area contributed by atoms with Gasteiger partial charge in [0.15, 0.2) is 0 Å². The summed E-state index contributed by atoms with van der Waals surface area (Å²) in [6, 6.07) is 5.54. The molecule has 1 aromatic heterocycles. The van der Waals surface area contributed by atoms with Gasteiger partial charge in [-0.25, -0.2) is 4.98 Å². The third-order valence-electron chi connectivity index (χ3n) is 3.07. The van der Waals surface area contributed by atoms with Gasteiger partial charge < -0.3 is 14.6 Å². The summed E-state index contributed by atoms with van der Waals surface area (Å²) < 4.78 is 38.9. The number of nitrogens with zero attached hydrogens (tertiary/aromatic N) is 2. The van der Waals surface area contributed by atoms with Crippen molar-refractivity contribution in [2.24, 2.45) is 5.16 Å². The highest BCUT2D eigenvalue weighted by Crippen LogP contribution is 2.60. The zero-order valence-electron chi connectivity index (χ0n) is 12.0. The van der Waals surface area contributed by atoms with Crippen LogP contribution in [0.3, 0.4) is 0 Å². The fraction of sp³-hybridized carbons (Fsp3) is 0.231. The Kier molecular flexibility index (Phi) is 4.86. The molecule has 0 saturated carbocycles. The molecule has 0 aliphatic carbocycles. The van der Waals surface area contributed by atoms with Crippen LogP contribution in [-0.4, -0.2) is 27.6 Å². The highest BCUT2D eigenvalue weighted by atomic mass is 79.9. The largest absolute Gasteiger partial charge is 0.399 e. The van der Waals surface area contributed by atoms with Crippen LogP contribution >= 0.6 is 23.5 Å². The average Bonchev–Trinajstić information content (AvgIpc) is 2.45. The molecule has 0 radical (unpaired) electrons. The van der Waals surface area contributed by atoms with Crippen LogP contribution in [0.5, 0.6) is 0 Å². The number of aromatic nitrogens is 1. The van der Waals surface area contributed by atoms with E-state index in [9.17, 15) is 13.3 Å². The predicted molar refractivity (Wildman–Crippen MR) is 84.6 cm³/mol. The molecule has 0 unspecified atom stereocenters. The Hall–Kier alpha value is -1.41. The van der Waals surface area contributed by atoms with Crippen molar-refractivity contribution in [1.82, 2.24) is 4.98 Å². The second-order valence-electron chi connectivity index (χ2n) is 4.67. The first-order valence-corrected chi connectivity index (χ1v) is 8.61. The molecule has 1 aromatic carbocycles. The van der Waals surface area contributed by atoms with Crippen molar-refractivity contribution >= 4 is 40.1 Å². The van der Waals surface area contributed by atoms with Gasteiger partial charge in [-0.15, -0.1) is 0 Å². The number of fused-ring (bicyclic) bond motifs is 1. The molecule has 10 heteroatoms. The van der Waals surface area contributed by atoms with E-state index < -0.39 is 18.8 Å². The number of rotatable bonds is 4. The smallest absolute Gasteiger partial charge is 0.399 e. The van der Waals surface area contributed by atoms with Crippen molar-refractivity contribution in [2.45, 2.75) is 12.6 Å². The highest BCUT2D eigenvalue weighted by Gasteiger charge is 2.51. The van der Waals surface area contributed by atoms with Gasteiger partial charge in [-0.3, -0.25) is 4.57 Å². The lowest BCUT2D eigenvalue weighted by atomic mass is 10.1. The molecule has 0 spiro atoms. The summed E-state index contributed by atoms with van der Waals surface area (Å²) in [5, 5.41) is 4.23. The summed E-state index contributed by atoms with van der Waals surface area (Å²) in [6.45, 7) is 1.63. The third-order valence-corrected chi connectivity index (χ3v) is 4.70. The summed E-state index contributed by atoms with van der Waals surface area (Å²) in [6.07, 6.45) is 0. The Balaban J connectivity index is 2.68. The molecule has 0 bridgehead atoms. The molecule has 0 fully saturated rings. The van der Waals surface area contributed by atoms with Gasteiger partial charge in [-0.2, -0.15) is 8.78 Å². The number of oxime groups is 1. The second-order valence-corrected chi connectivity index (χ2v) is 7.17. The summed E-state index contributed by atoms with van der Waals surface area (Å²) in [5.74, 6) is 0. The van der Waals surface area contributed by atoms with E-state index in [0.717, 1.165) is 6.07 Å². The number of hydrogen-bond donors (Lipinski definition) is 2. The number of hydrogen-bond acceptors (Lipinski definition) is 4. The Morgan fingerprint density at radius 1 is 1.39 bits per heavy atom. The summed E-state index contributed by atoms with van der Waals surface area (Å²) in [4.78, 5) is 26.6. The topological polar surface area (TPSA) is 92.0 Å². The highest BCUT2D eigenvalue weighted by molar-refractivity contribution is 9.10. The second kappa shape index (κ2) is 6.24. The molecule has 0 aliphatic heterocycles. The summed E-state index contributed by atoms with van der Waals surface area (Å²) in [7, 11) is -4.31. The molecule has 124 valence electrons. The van der Waals surface area contributed by atoms with Gasteiger partial charge in [-0.05, 0) is 25.1 Å². The molecule has 0 saturated heterocycles. The van der Waals surface area contributed by atoms with Crippen molar-refractivity contribution in [1.29, 1.82) is 0 Å². The number of benzene rings is 1. The zero-order valence-corrected chi connectivity index (χ0v) is 14.5. The molecule has 0 amide bonds. The summed E-state index contributed by atoms with van der Waals surface area (Å²) in [5.41, 5.74) is -4.18. The van der Waals surface area contributed by atoms with Gasteiger partial charge in [0, 0.05) is 15.4 Å². The van der Waals surface area contributed by atoms with Crippen LogP contribution in [0.1, 0.15) is 18.2 Å². The van der Waals surface area contributed by atoms with Crippen LogP contribution in [0.25, 0.3) is 10.9 Å². The first-order valence-electron chi connectivity index (χ1n) is 6.20. The number of alkyl halides is 2. The Morgan fingerprint density at radius 3 is 2.61 bits per heavy atom. The molecule has 2 aromatic rings. The lowest BCUT2D eigenvalue weighted by molar-refractivity contribution is 0.0558. The zero-order chi connectivity index (χ0) is 17.4.